The topological polar surface area (TPSA) is 55.4 Å². The van der Waals surface area contributed by atoms with Crippen LogP contribution in [0.1, 0.15) is 62.2 Å². The second-order valence-electron chi connectivity index (χ2n) is 8.98. The lowest BCUT2D eigenvalue weighted by atomic mass is 9.84. The number of carbonyl (C=O) groups excluding carboxylic acids is 2. The van der Waals surface area contributed by atoms with Crippen LogP contribution in [0.3, 0.4) is 0 Å². The minimum atomic E-state index is -0.445. The monoisotopic (exact) mass is 353 g/mol. The minimum Gasteiger partial charge on any atom is -0.486 e. The predicted octanol–water partition coefficient (Wildman–Crippen LogP) is 3.74. The highest BCUT2D eigenvalue weighted by molar-refractivity contribution is 6.00. The average molecular weight is 353 g/mol. The molecule has 1 aromatic rings. The van der Waals surface area contributed by atoms with E-state index in [2.05, 4.69) is 12.2 Å². The van der Waals surface area contributed by atoms with E-state index in [0.29, 0.717) is 29.7 Å². The number of amides is 1. The first kappa shape index (κ1) is 16.3. The Morgan fingerprint density at radius 3 is 2.73 bits per heavy atom. The zero-order chi connectivity index (χ0) is 17.9. The van der Waals surface area contributed by atoms with E-state index in [1.807, 2.05) is 24.3 Å². The van der Waals surface area contributed by atoms with Crippen molar-refractivity contribution in [2.24, 2.45) is 23.7 Å². The van der Waals surface area contributed by atoms with E-state index >= 15 is 0 Å². The van der Waals surface area contributed by atoms with Crippen LogP contribution >= 0.6 is 0 Å². The second kappa shape index (κ2) is 5.83. The summed E-state index contributed by atoms with van der Waals surface area (Å²) in [6.07, 6.45) is 6.94. The number of nitrogens with one attached hydrogen (secondary N) is 1. The fourth-order valence-electron chi connectivity index (χ4n) is 5.82. The molecule has 26 heavy (non-hydrogen) atoms. The van der Waals surface area contributed by atoms with Crippen molar-refractivity contribution in [2.75, 3.05) is 0 Å². The Balaban J connectivity index is 1.30. The van der Waals surface area contributed by atoms with Gasteiger partial charge in [-0.15, -0.1) is 0 Å². The molecule has 1 amide bonds. The Morgan fingerprint density at radius 2 is 1.92 bits per heavy atom. The van der Waals surface area contributed by atoms with Crippen LogP contribution in [0.5, 0.6) is 5.75 Å². The Labute approximate surface area is 154 Å². The summed E-state index contributed by atoms with van der Waals surface area (Å²) < 4.78 is 6.39. The largest absolute Gasteiger partial charge is 0.486 e. The maximum absolute atomic E-state index is 12.9. The first-order valence-electron chi connectivity index (χ1n) is 10.2. The molecule has 0 unspecified atom stereocenters. The number of benzene rings is 1. The maximum atomic E-state index is 12.9. The molecule has 3 aliphatic carbocycles. The van der Waals surface area contributed by atoms with Crippen molar-refractivity contribution in [3.63, 3.8) is 0 Å². The standard InChI is InChI=1S/C22H27NO3/c1-13-6-8-14(9-7-13)23-21(25)19-16-10-11-22(20(16)19)12-17(24)15-4-2-3-5-18(15)26-22/h2-5,13-14,16,19-20H,6-12H2,1H3,(H,23,25)/t13?,14?,16-,19+,20+,22-/m0/s1. The number of Topliss-reactive ketones (excluding diaryl/α,β-unsaturated/α-hetero) is 1. The summed E-state index contributed by atoms with van der Waals surface area (Å²) in [5, 5.41) is 3.30. The van der Waals surface area contributed by atoms with Crippen molar-refractivity contribution in [2.45, 2.75) is 63.5 Å². The number of para-hydroxylation sites is 1. The van der Waals surface area contributed by atoms with Gasteiger partial charge in [0.1, 0.15) is 11.4 Å². The summed E-state index contributed by atoms with van der Waals surface area (Å²) in [6, 6.07) is 7.87. The van der Waals surface area contributed by atoms with Crippen LogP contribution in [0.4, 0.5) is 0 Å². The highest BCUT2D eigenvalue weighted by atomic mass is 16.5. The molecule has 138 valence electrons. The van der Waals surface area contributed by atoms with Gasteiger partial charge >= 0.3 is 0 Å². The maximum Gasteiger partial charge on any atom is 0.224 e. The van der Waals surface area contributed by atoms with Crippen LogP contribution in [-0.4, -0.2) is 23.3 Å². The molecule has 1 spiro atoms. The first-order chi connectivity index (χ1) is 12.6. The molecule has 1 aliphatic heterocycles. The van der Waals surface area contributed by atoms with Crippen LogP contribution in [0.2, 0.25) is 0 Å². The quantitative estimate of drug-likeness (QED) is 0.881. The molecule has 3 fully saturated rings. The minimum absolute atomic E-state index is 0.0427. The molecule has 4 nitrogen and oxygen atoms in total. The highest BCUT2D eigenvalue weighted by Crippen LogP contribution is 2.65. The van der Waals surface area contributed by atoms with Gasteiger partial charge in [-0.2, -0.15) is 0 Å². The summed E-state index contributed by atoms with van der Waals surface area (Å²) in [4.78, 5) is 25.5. The van der Waals surface area contributed by atoms with E-state index in [9.17, 15) is 9.59 Å². The van der Waals surface area contributed by atoms with Crippen LogP contribution in [0.25, 0.3) is 0 Å². The molecule has 4 aliphatic rings. The summed E-state index contributed by atoms with van der Waals surface area (Å²) in [5.74, 6) is 2.51. The van der Waals surface area contributed by atoms with Crippen LogP contribution < -0.4 is 10.1 Å². The number of rotatable bonds is 2. The van der Waals surface area contributed by atoms with Gasteiger partial charge in [0.25, 0.3) is 0 Å². The van der Waals surface area contributed by atoms with Gasteiger partial charge in [-0.25, -0.2) is 0 Å². The van der Waals surface area contributed by atoms with Gasteiger partial charge in [0.2, 0.25) is 5.91 Å². The lowest BCUT2D eigenvalue weighted by Crippen LogP contribution is -2.45. The van der Waals surface area contributed by atoms with E-state index in [1.54, 1.807) is 0 Å². The predicted molar refractivity (Wildman–Crippen MR) is 98.0 cm³/mol. The average Bonchev–Trinajstić information content (AvgIpc) is 3.29. The normalized spacial score (nSPS) is 40.5. The molecule has 1 heterocycles. The summed E-state index contributed by atoms with van der Waals surface area (Å²) in [7, 11) is 0. The third-order valence-corrected chi connectivity index (χ3v) is 7.30. The Hall–Kier alpha value is -1.84. The SMILES string of the molecule is CC1CCC(NC(=O)[C@@H]2[C@@H]3CC[C@]4(CC(=O)c5ccccc5O4)[C@H]32)CC1. The van der Waals surface area contributed by atoms with Crippen molar-refractivity contribution in [1.82, 2.24) is 5.32 Å². The van der Waals surface area contributed by atoms with Gasteiger partial charge < -0.3 is 10.1 Å². The van der Waals surface area contributed by atoms with Gasteiger partial charge in [-0.1, -0.05) is 19.1 Å². The molecule has 0 radical (unpaired) electrons. The number of ketones is 1. The van der Waals surface area contributed by atoms with E-state index in [4.69, 9.17) is 4.74 Å². The number of hydrogen-bond donors (Lipinski definition) is 1. The lowest BCUT2D eigenvalue weighted by molar-refractivity contribution is -0.125. The molecule has 1 aromatic carbocycles. The van der Waals surface area contributed by atoms with Crippen LogP contribution in [-0.2, 0) is 4.79 Å². The molecule has 1 N–H and O–H groups in total. The summed E-state index contributed by atoms with van der Waals surface area (Å²) in [6.45, 7) is 2.29. The Kier molecular flexibility index (Phi) is 3.67. The summed E-state index contributed by atoms with van der Waals surface area (Å²) in [5.41, 5.74) is 0.249. The molecule has 5 rings (SSSR count). The number of ether oxygens (including phenoxy) is 1. The fourth-order valence-corrected chi connectivity index (χ4v) is 5.82. The first-order valence-corrected chi connectivity index (χ1v) is 10.2. The number of hydrogen-bond acceptors (Lipinski definition) is 3. The third kappa shape index (κ3) is 2.49. The smallest absolute Gasteiger partial charge is 0.224 e. The van der Waals surface area contributed by atoms with Gasteiger partial charge in [0.05, 0.1) is 12.0 Å². The van der Waals surface area contributed by atoms with Gasteiger partial charge in [0.15, 0.2) is 5.78 Å². The van der Waals surface area contributed by atoms with Crippen molar-refractivity contribution in [3.05, 3.63) is 29.8 Å². The zero-order valence-electron chi connectivity index (χ0n) is 15.4. The van der Waals surface area contributed by atoms with Crippen molar-refractivity contribution in [1.29, 1.82) is 0 Å². The van der Waals surface area contributed by atoms with E-state index < -0.39 is 5.60 Å². The Morgan fingerprint density at radius 1 is 1.15 bits per heavy atom. The van der Waals surface area contributed by atoms with Gasteiger partial charge in [-0.05, 0) is 62.5 Å². The van der Waals surface area contributed by atoms with Crippen molar-refractivity contribution < 1.29 is 14.3 Å². The Bertz CT molecular complexity index is 752. The van der Waals surface area contributed by atoms with Crippen LogP contribution in [0, 0.1) is 23.7 Å². The molecule has 0 bridgehead atoms. The van der Waals surface area contributed by atoms with E-state index in [0.717, 1.165) is 31.6 Å². The lowest BCUT2D eigenvalue weighted by Gasteiger charge is -2.37. The molecule has 0 saturated heterocycles. The number of carbonyl (C=O) groups is 2. The molecule has 0 aromatic heterocycles. The zero-order valence-corrected chi connectivity index (χ0v) is 15.4. The number of fused-ring (bicyclic) bond motifs is 3. The van der Waals surface area contributed by atoms with Gasteiger partial charge in [-0.3, -0.25) is 9.59 Å². The highest BCUT2D eigenvalue weighted by Gasteiger charge is 2.70. The summed E-state index contributed by atoms with van der Waals surface area (Å²) >= 11 is 0. The van der Waals surface area contributed by atoms with Crippen molar-refractivity contribution in [3.8, 4) is 5.75 Å². The molecule has 4 heteroatoms. The molecular formula is C22H27NO3. The second-order valence-corrected chi connectivity index (χ2v) is 8.98. The fraction of sp³-hybridized carbons (Fsp3) is 0.636. The van der Waals surface area contributed by atoms with Crippen LogP contribution in [0.15, 0.2) is 24.3 Å². The molecule has 3 saturated carbocycles. The van der Waals surface area contributed by atoms with Gasteiger partial charge in [0, 0.05) is 17.9 Å². The van der Waals surface area contributed by atoms with E-state index in [1.165, 1.54) is 12.8 Å². The van der Waals surface area contributed by atoms with Crippen molar-refractivity contribution >= 4 is 11.7 Å². The third-order valence-electron chi connectivity index (χ3n) is 7.30. The molecule has 4 atom stereocenters. The molecular weight excluding hydrogens is 326 g/mol. The van der Waals surface area contributed by atoms with E-state index in [-0.39, 0.29) is 23.5 Å².